The molecule has 112 valence electrons. The number of hydrogen-bond acceptors (Lipinski definition) is 3. The minimum absolute atomic E-state index is 0.507. The third-order valence-electron chi connectivity index (χ3n) is 4.87. The molecule has 1 N–H and O–H groups in total. The Morgan fingerprint density at radius 1 is 1.16 bits per heavy atom. The van der Waals surface area contributed by atoms with E-state index in [-0.39, 0.29) is 0 Å². The fourth-order valence-electron chi connectivity index (χ4n) is 3.72. The zero-order chi connectivity index (χ0) is 13.5. The average molecular weight is 268 g/mol. The van der Waals surface area contributed by atoms with Crippen LogP contribution >= 0.6 is 0 Å². The van der Waals surface area contributed by atoms with Crippen LogP contribution in [0.3, 0.4) is 0 Å². The van der Waals surface area contributed by atoms with E-state index in [1.54, 1.807) is 0 Å². The molecule has 1 saturated heterocycles. The SMILES string of the molecule is CCNC1CCCC1CCN(CC)CC1CCCO1. The Morgan fingerprint density at radius 2 is 2.05 bits per heavy atom. The standard InChI is InChI=1S/C16H32N2O/c1-3-17-16-9-5-7-14(16)10-11-18(4-2)13-15-8-6-12-19-15/h14-17H,3-13H2,1-2H3. The molecular weight excluding hydrogens is 236 g/mol. The third-order valence-corrected chi connectivity index (χ3v) is 4.87. The molecular formula is C16H32N2O. The Labute approximate surface area is 119 Å². The molecule has 1 aliphatic heterocycles. The number of nitrogens with one attached hydrogen (secondary N) is 1. The first-order chi connectivity index (χ1) is 9.33. The fourth-order valence-corrected chi connectivity index (χ4v) is 3.72. The number of rotatable bonds is 8. The maximum Gasteiger partial charge on any atom is 0.0702 e. The lowest BCUT2D eigenvalue weighted by atomic mass is 9.99. The first-order valence-electron chi connectivity index (χ1n) is 8.40. The molecule has 3 heteroatoms. The Morgan fingerprint density at radius 3 is 2.74 bits per heavy atom. The van der Waals surface area contributed by atoms with Crippen LogP contribution in [-0.2, 0) is 4.74 Å². The van der Waals surface area contributed by atoms with Gasteiger partial charge in [0.05, 0.1) is 6.10 Å². The molecule has 2 rings (SSSR count). The van der Waals surface area contributed by atoms with Crippen molar-refractivity contribution >= 4 is 0 Å². The Bertz CT molecular complexity index is 241. The highest BCUT2D eigenvalue weighted by molar-refractivity contribution is 4.83. The Kier molecular flexibility index (Phi) is 6.62. The molecule has 0 aromatic carbocycles. The lowest BCUT2D eigenvalue weighted by molar-refractivity contribution is 0.0725. The summed E-state index contributed by atoms with van der Waals surface area (Å²) in [5.74, 6) is 0.901. The highest BCUT2D eigenvalue weighted by Gasteiger charge is 2.27. The van der Waals surface area contributed by atoms with E-state index >= 15 is 0 Å². The van der Waals surface area contributed by atoms with Crippen LogP contribution in [0.4, 0.5) is 0 Å². The van der Waals surface area contributed by atoms with Crippen molar-refractivity contribution < 1.29 is 4.74 Å². The summed E-state index contributed by atoms with van der Waals surface area (Å²) in [6.07, 6.45) is 8.62. The summed E-state index contributed by atoms with van der Waals surface area (Å²) in [5, 5.41) is 3.67. The normalized spacial score (nSPS) is 31.4. The molecule has 0 radical (unpaired) electrons. The van der Waals surface area contributed by atoms with Gasteiger partial charge in [-0.15, -0.1) is 0 Å². The van der Waals surface area contributed by atoms with E-state index in [9.17, 15) is 0 Å². The lowest BCUT2D eigenvalue weighted by Gasteiger charge is -2.27. The lowest BCUT2D eigenvalue weighted by Crippen LogP contribution is -2.37. The Hall–Kier alpha value is -0.120. The van der Waals surface area contributed by atoms with Crippen molar-refractivity contribution in [1.82, 2.24) is 10.2 Å². The predicted molar refractivity (Wildman–Crippen MR) is 80.5 cm³/mol. The predicted octanol–water partition coefficient (Wildman–Crippen LogP) is 2.66. The van der Waals surface area contributed by atoms with E-state index in [0.29, 0.717) is 6.10 Å². The van der Waals surface area contributed by atoms with E-state index in [1.165, 1.54) is 51.6 Å². The molecule has 0 aromatic heterocycles. The second-order valence-electron chi connectivity index (χ2n) is 6.17. The average Bonchev–Trinajstić information content (AvgIpc) is 3.06. The van der Waals surface area contributed by atoms with Gasteiger partial charge in [-0.2, -0.15) is 0 Å². The van der Waals surface area contributed by atoms with E-state index in [1.807, 2.05) is 0 Å². The maximum atomic E-state index is 5.76. The molecule has 1 heterocycles. The molecule has 2 aliphatic rings. The van der Waals surface area contributed by atoms with Crippen molar-refractivity contribution in [3.8, 4) is 0 Å². The van der Waals surface area contributed by atoms with Gasteiger partial charge >= 0.3 is 0 Å². The van der Waals surface area contributed by atoms with Crippen molar-refractivity contribution in [3.05, 3.63) is 0 Å². The van der Waals surface area contributed by atoms with Gasteiger partial charge in [0.1, 0.15) is 0 Å². The summed E-state index contributed by atoms with van der Waals surface area (Å²) in [6, 6.07) is 0.784. The van der Waals surface area contributed by atoms with Gasteiger partial charge in [0.15, 0.2) is 0 Å². The zero-order valence-corrected chi connectivity index (χ0v) is 12.9. The molecule has 1 aliphatic carbocycles. The minimum Gasteiger partial charge on any atom is -0.377 e. The molecule has 3 atom stereocenters. The second kappa shape index (κ2) is 8.23. The molecule has 3 unspecified atom stereocenters. The topological polar surface area (TPSA) is 24.5 Å². The summed E-state index contributed by atoms with van der Waals surface area (Å²) < 4.78 is 5.76. The van der Waals surface area contributed by atoms with Crippen LogP contribution in [0.5, 0.6) is 0 Å². The summed E-state index contributed by atoms with van der Waals surface area (Å²) >= 11 is 0. The van der Waals surface area contributed by atoms with E-state index in [2.05, 4.69) is 24.1 Å². The fraction of sp³-hybridized carbons (Fsp3) is 1.00. The van der Waals surface area contributed by atoms with Crippen LogP contribution < -0.4 is 5.32 Å². The van der Waals surface area contributed by atoms with Gasteiger partial charge in [-0.3, -0.25) is 0 Å². The van der Waals surface area contributed by atoms with Crippen molar-refractivity contribution in [3.63, 3.8) is 0 Å². The second-order valence-corrected chi connectivity index (χ2v) is 6.17. The molecule has 0 spiro atoms. The monoisotopic (exact) mass is 268 g/mol. The largest absolute Gasteiger partial charge is 0.377 e. The van der Waals surface area contributed by atoms with Gasteiger partial charge in [-0.05, 0) is 57.7 Å². The van der Waals surface area contributed by atoms with Crippen molar-refractivity contribution in [2.24, 2.45) is 5.92 Å². The van der Waals surface area contributed by atoms with Crippen LogP contribution in [-0.4, -0.2) is 49.8 Å². The van der Waals surface area contributed by atoms with Gasteiger partial charge in [-0.1, -0.05) is 20.3 Å². The summed E-state index contributed by atoms with van der Waals surface area (Å²) in [4.78, 5) is 2.59. The van der Waals surface area contributed by atoms with Crippen LogP contribution in [0.2, 0.25) is 0 Å². The van der Waals surface area contributed by atoms with Gasteiger partial charge < -0.3 is 15.0 Å². The maximum absolute atomic E-state index is 5.76. The quantitative estimate of drug-likeness (QED) is 0.732. The highest BCUT2D eigenvalue weighted by atomic mass is 16.5. The minimum atomic E-state index is 0.507. The first-order valence-corrected chi connectivity index (χ1v) is 8.40. The third kappa shape index (κ3) is 4.73. The molecule has 1 saturated carbocycles. The smallest absolute Gasteiger partial charge is 0.0702 e. The summed E-state index contributed by atoms with van der Waals surface area (Å²) in [6.45, 7) is 10.2. The summed E-state index contributed by atoms with van der Waals surface area (Å²) in [7, 11) is 0. The zero-order valence-electron chi connectivity index (χ0n) is 12.9. The van der Waals surface area contributed by atoms with Crippen molar-refractivity contribution in [2.45, 2.75) is 64.5 Å². The number of ether oxygens (including phenoxy) is 1. The highest BCUT2D eigenvalue weighted by Crippen LogP contribution is 2.28. The van der Waals surface area contributed by atoms with Crippen LogP contribution in [0.1, 0.15) is 52.4 Å². The van der Waals surface area contributed by atoms with E-state index in [0.717, 1.165) is 31.7 Å². The van der Waals surface area contributed by atoms with Gasteiger partial charge in [0, 0.05) is 19.2 Å². The van der Waals surface area contributed by atoms with Crippen LogP contribution in [0.15, 0.2) is 0 Å². The molecule has 0 bridgehead atoms. The number of hydrogen-bond donors (Lipinski definition) is 1. The molecule has 19 heavy (non-hydrogen) atoms. The molecule has 0 aromatic rings. The van der Waals surface area contributed by atoms with Gasteiger partial charge in [-0.25, -0.2) is 0 Å². The number of nitrogens with zero attached hydrogens (tertiary/aromatic N) is 1. The first kappa shape index (κ1) is 15.3. The number of likely N-dealkylation sites (N-methyl/N-ethyl adjacent to an activating group) is 1. The van der Waals surface area contributed by atoms with Crippen LogP contribution in [0, 0.1) is 5.92 Å². The van der Waals surface area contributed by atoms with Crippen LogP contribution in [0.25, 0.3) is 0 Å². The summed E-state index contributed by atoms with van der Waals surface area (Å²) in [5.41, 5.74) is 0. The molecule has 0 amide bonds. The van der Waals surface area contributed by atoms with Gasteiger partial charge in [0.2, 0.25) is 0 Å². The molecule has 3 nitrogen and oxygen atoms in total. The van der Waals surface area contributed by atoms with Crippen molar-refractivity contribution in [2.75, 3.05) is 32.8 Å². The van der Waals surface area contributed by atoms with E-state index in [4.69, 9.17) is 4.74 Å². The van der Waals surface area contributed by atoms with E-state index < -0.39 is 0 Å². The van der Waals surface area contributed by atoms with Crippen molar-refractivity contribution in [1.29, 1.82) is 0 Å². The van der Waals surface area contributed by atoms with Gasteiger partial charge in [0.25, 0.3) is 0 Å². The Balaban J connectivity index is 1.69. The molecule has 2 fully saturated rings.